The SMILES string of the molecule is O=C(O)COCc1ccc(CO)cc1. The molecule has 1 rings (SSSR count). The zero-order chi connectivity index (χ0) is 10.4. The number of carbonyl (C=O) groups is 1. The van der Waals surface area contributed by atoms with Crippen molar-refractivity contribution < 1.29 is 19.7 Å². The fraction of sp³-hybridized carbons (Fsp3) is 0.300. The van der Waals surface area contributed by atoms with Crippen LogP contribution in [0.25, 0.3) is 0 Å². The first kappa shape index (κ1) is 10.7. The summed E-state index contributed by atoms with van der Waals surface area (Å²) in [7, 11) is 0. The van der Waals surface area contributed by atoms with Crippen molar-refractivity contribution in [3.63, 3.8) is 0 Å². The minimum atomic E-state index is -0.975. The van der Waals surface area contributed by atoms with Crippen LogP contribution in [0.3, 0.4) is 0 Å². The maximum Gasteiger partial charge on any atom is 0.329 e. The van der Waals surface area contributed by atoms with E-state index in [1.54, 1.807) is 24.3 Å². The summed E-state index contributed by atoms with van der Waals surface area (Å²) in [6.07, 6.45) is 0. The van der Waals surface area contributed by atoms with Crippen LogP contribution in [0.4, 0.5) is 0 Å². The first-order chi connectivity index (χ1) is 6.72. The molecule has 0 aliphatic carbocycles. The van der Waals surface area contributed by atoms with Crippen LogP contribution < -0.4 is 0 Å². The lowest BCUT2D eigenvalue weighted by molar-refractivity contribution is -0.142. The second kappa shape index (κ2) is 5.36. The summed E-state index contributed by atoms with van der Waals surface area (Å²) < 4.78 is 4.89. The Kier molecular flexibility index (Phi) is 4.10. The highest BCUT2D eigenvalue weighted by Crippen LogP contribution is 2.05. The predicted octanol–water partition coefficient (Wildman–Crippen LogP) is 0.780. The Bertz CT molecular complexity index is 291. The fourth-order valence-corrected chi connectivity index (χ4v) is 0.997. The molecular weight excluding hydrogens is 184 g/mol. The highest BCUT2D eigenvalue weighted by molar-refractivity contribution is 5.67. The monoisotopic (exact) mass is 196 g/mol. The van der Waals surface area contributed by atoms with Crippen molar-refractivity contribution in [2.75, 3.05) is 6.61 Å². The molecule has 4 nitrogen and oxygen atoms in total. The highest BCUT2D eigenvalue weighted by atomic mass is 16.5. The van der Waals surface area contributed by atoms with Crippen LogP contribution in [0, 0.1) is 0 Å². The van der Waals surface area contributed by atoms with E-state index in [0.29, 0.717) is 0 Å². The van der Waals surface area contributed by atoms with Crippen LogP contribution in [-0.4, -0.2) is 22.8 Å². The van der Waals surface area contributed by atoms with Gasteiger partial charge in [-0.05, 0) is 11.1 Å². The van der Waals surface area contributed by atoms with Gasteiger partial charge in [-0.3, -0.25) is 0 Å². The average molecular weight is 196 g/mol. The Morgan fingerprint density at radius 3 is 2.29 bits per heavy atom. The maximum atomic E-state index is 10.1. The Hall–Kier alpha value is -1.39. The zero-order valence-electron chi connectivity index (χ0n) is 7.64. The van der Waals surface area contributed by atoms with Crippen LogP contribution in [0.2, 0.25) is 0 Å². The number of hydrogen-bond acceptors (Lipinski definition) is 3. The first-order valence-corrected chi connectivity index (χ1v) is 4.20. The Labute approximate surface area is 81.8 Å². The number of carboxylic acid groups (broad SMARTS) is 1. The van der Waals surface area contributed by atoms with E-state index < -0.39 is 5.97 Å². The molecule has 1 aromatic rings. The molecule has 76 valence electrons. The van der Waals surface area contributed by atoms with Gasteiger partial charge in [-0.15, -0.1) is 0 Å². The smallest absolute Gasteiger partial charge is 0.329 e. The lowest BCUT2D eigenvalue weighted by Gasteiger charge is -2.02. The molecule has 0 spiro atoms. The number of benzene rings is 1. The van der Waals surface area contributed by atoms with E-state index in [0.717, 1.165) is 11.1 Å². The number of aliphatic hydroxyl groups is 1. The predicted molar refractivity (Wildman–Crippen MR) is 49.7 cm³/mol. The van der Waals surface area contributed by atoms with E-state index in [9.17, 15) is 4.79 Å². The van der Waals surface area contributed by atoms with Gasteiger partial charge in [-0.2, -0.15) is 0 Å². The van der Waals surface area contributed by atoms with Gasteiger partial charge in [-0.25, -0.2) is 4.79 Å². The topological polar surface area (TPSA) is 66.8 Å². The number of carboxylic acids is 1. The molecule has 0 saturated carbocycles. The molecule has 0 aromatic heterocycles. The van der Waals surface area contributed by atoms with Crippen molar-refractivity contribution in [2.24, 2.45) is 0 Å². The van der Waals surface area contributed by atoms with E-state index in [4.69, 9.17) is 14.9 Å². The maximum absolute atomic E-state index is 10.1. The van der Waals surface area contributed by atoms with Crippen LogP contribution in [0.5, 0.6) is 0 Å². The van der Waals surface area contributed by atoms with Gasteiger partial charge in [-0.1, -0.05) is 24.3 Å². The third-order valence-corrected chi connectivity index (χ3v) is 1.70. The third kappa shape index (κ3) is 3.55. The van der Waals surface area contributed by atoms with E-state index in [1.807, 2.05) is 0 Å². The quantitative estimate of drug-likeness (QED) is 0.730. The average Bonchev–Trinajstić information content (AvgIpc) is 2.18. The van der Waals surface area contributed by atoms with E-state index in [-0.39, 0.29) is 19.8 Å². The molecule has 2 N–H and O–H groups in total. The van der Waals surface area contributed by atoms with Gasteiger partial charge in [0.1, 0.15) is 6.61 Å². The van der Waals surface area contributed by atoms with E-state index in [1.165, 1.54) is 0 Å². The van der Waals surface area contributed by atoms with Crippen LogP contribution in [0.1, 0.15) is 11.1 Å². The van der Waals surface area contributed by atoms with Crippen molar-refractivity contribution >= 4 is 5.97 Å². The lowest BCUT2D eigenvalue weighted by atomic mass is 10.1. The largest absolute Gasteiger partial charge is 0.480 e. The van der Waals surface area contributed by atoms with Crippen LogP contribution >= 0.6 is 0 Å². The molecule has 14 heavy (non-hydrogen) atoms. The van der Waals surface area contributed by atoms with Crippen molar-refractivity contribution in [3.8, 4) is 0 Å². The van der Waals surface area contributed by atoms with E-state index >= 15 is 0 Å². The van der Waals surface area contributed by atoms with E-state index in [2.05, 4.69) is 0 Å². The molecule has 0 amide bonds. The molecule has 4 heteroatoms. The summed E-state index contributed by atoms with van der Waals surface area (Å²) in [5.41, 5.74) is 1.72. The summed E-state index contributed by atoms with van der Waals surface area (Å²) in [6, 6.07) is 7.15. The van der Waals surface area contributed by atoms with Crippen molar-refractivity contribution in [3.05, 3.63) is 35.4 Å². The normalized spacial score (nSPS) is 10.1. The van der Waals surface area contributed by atoms with Gasteiger partial charge in [0.15, 0.2) is 0 Å². The summed E-state index contributed by atoms with van der Waals surface area (Å²) >= 11 is 0. The van der Waals surface area contributed by atoms with Gasteiger partial charge < -0.3 is 14.9 Å². The molecule has 0 aliphatic heterocycles. The summed E-state index contributed by atoms with van der Waals surface area (Å²) in [4.78, 5) is 10.1. The summed E-state index contributed by atoms with van der Waals surface area (Å²) in [5.74, 6) is -0.975. The van der Waals surface area contributed by atoms with Gasteiger partial charge in [0.05, 0.1) is 13.2 Å². The molecule has 0 aliphatic rings. The number of aliphatic hydroxyl groups excluding tert-OH is 1. The molecule has 0 atom stereocenters. The molecule has 0 radical (unpaired) electrons. The van der Waals surface area contributed by atoms with Crippen molar-refractivity contribution in [2.45, 2.75) is 13.2 Å². The van der Waals surface area contributed by atoms with Crippen LogP contribution in [-0.2, 0) is 22.7 Å². The summed E-state index contributed by atoms with van der Waals surface area (Å²) in [6.45, 7) is -0.00395. The number of ether oxygens (including phenoxy) is 1. The van der Waals surface area contributed by atoms with Crippen molar-refractivity contribution in [1.29, 1.82) is 0 Å². The second-order valence-electron chi connectivity index (χ2n) is 2.86. The fourth-order valence-electron chi connectivity index (χ4n) is 0.997. The van der Waals surface area contributed by atoms with Crippen LogP contribution in [0.15, 0.2) is 24.3 Å². The Balaban J connectivity index is 2.40. The van der Waals surface area contributed by atoms with Gasteiger partial charge in [0.25, 0.3) is 0 Å². The number of hydrogen-bond donors (Lipinski definition) is 2. The molecule has 0 unspecified atom stereocenters. The minimum absolute atomic E-state index is 0.0102. The third-order valence-electron chi connectivity index (χ3n) is 1.70. The molecule has 1 aromatic carbocycles. The van der Waals surface area contributed by atoms with Gasteiger partial charge in [0.2, 0.25) is 0 Å². The van der Waals surface area contributed by atoms with Crippen molar-refractivity contribution in [1.82, 2.24) is 0 Å². The Morgan fingerprint density at radius 1 is 1.21 bits per heavy atom. The zero-order valence-corrected chi connectivity index (χ0v) is 7.64. The number of aliphatic carboxylic acids is 1. The Morgan fingerprint density at radius 2 is 1.79 bits per heavy atom. The molecule has 0 fully saturated rings. The standard InChI is InChI=1S/C10H12O4/c11-5-8-1-3-9(4-2-8)6-14-7-10(12)13/h1-4,11H,5-7H2,(H,12,13). The summed E-state index contributed by atoms with van der Waals surface area (Å²) in [5, 5.41) is 17.1. The molecular formula is C10H12O4. The molecule has 0 bridgehead atoms. The second-order valence-corrected chi connectivity index (χ2v) is 2.86. The first-order valence-electron chi connectivity index (χ1n) is 4.20. The van der Waals surface area contributed by atoms with Gasteiger partial charge in [0, 0.05) is 0 Å². The highest BCUT2D eigenvalue weighted by Gasteiger charge is 1.97. The molecule has 0 heterocycles. The molecule has 0 saturated heterocycles. The number of rotatable bonds is 5. The minimum Gasteiger partial charge on any atom is -0.480 e. The van der Waals surface area contributed by atoms with Gasteiger partial charge >= 0.3 is 5.97 Å². The lowest BCUT2D eigenvalue weighted by Crippen LogP contribution is -2.06.